The Balaban J connectivity index is 2.40. The minimum Gasteiger partial charge on any atom is -0.386 e. The highest BCUT2D eigenvalue weighted by Gasteiger charge is 2.60. The highest BCUT2D eigenvalue weighted by atomic mass is 79.9. The van der Waals surface area contributed by atoms with E-state index in [0.29, 0.717) is 0 Å². The Kier molecular flexibility index (Phi) is 3.90. The Labute approximate surface area is 119 Å². The molecule has 1 aliphatic heterocycles. The molecule has 19 heavy (non-hydrogen) atoms. The van der Waals surface area contributed by atoms with Crippen LogP contribution in [0.25, 0.3) is 0 Å². The lowest BCUT2D eigenvalue weighted by molar-refractivity contribution is -0.446. The van der Waals surface area contributed by atoms with E-state index in [1.807, 2.05) is 0 Å². The predicted octanol–water partition coefficient (Wildman–Crippen LogP) is 0.718. The summed E-state index contributed by atoms with van der Waals surface area (Å²) in [5.74, 6) is -2.79. The summed E-state index contributed by atoms with van der Waals surface area (Å²) in [6.45, 7) is 3.26. The van der Waals surface area contributed by atoms with Crippen molar-refractivity contribution in [1.82, 2.24) is 0 Å². The molecule has 0 spiro atoms. The van der Waals surface area contributed by atoms with Gasteiger partial charge in [-0.25, -0.2) is 0 Å². The lowest BCUT2D eigenvalue weighted by atomic mass is 9.93. The Hall–Kier alpha value is -0.310. The summed E-state index contributed by atoms with van der Waals surface area (Å²) in [5, 5.41) is 10.0. The van der Waals surface area contributed by atoms with Gasteiger partial charge in [0.15, 0.2) is 6.10 Å². The second-order valence-electron chi connectivity index (χ2n) is 4.79. The molecule has 2 rings (SSSR count). The molecule has 6 nitrogen and oxygen atoms in total. The first-order valence-corrected chi connectivity index (χ1v) is 6.63. The fraction of sp³-hybridized carbons (Fsp3) is 0.750. The van der Waals surface area contributed by atoms with Crippen LogP contribution in [0.2, 0.25) is 0 Å². The molecule has 0 bridgehead atoms. The van der Waals surface area contributed by atoms with Crippen LogP contribution in [0.3, 0.4) is 0 Å². The number of ketones is 1. The molecular formula is C12H17BrO6. The molecule has 108 valence electrons. The molecule has 0 unspecified atom stereocenters. The van der Waals surface area contributed by atoms with Gasteiger partial charge in [0.1, 0.15) is 12.2 Å². The topological polar surface area (TPSA) is 74.2 Å². The van der Waals surface area contributed by atoms with Crippen LogP contribution in [-0.2, 0) is 23.7 Å². The molecule has 2 aliphatic rings. The molecule has 0 aromatic rings. The largest absolute Gasteiger partial charge is 0.386 e. The van der Waals surface area contributed by atoms with Crippen molar-refractivity contribution >= 4 is 21.7 Å². The summed E-state index contributed by atoms with van der Waals surface area (Å²) in [6, 6.07) is 0. The van der Waals surface area contributed by atoms with Crippen molar-refractivity contribution in [2.24, 2.45) is 0 Å². The van der Waals surface area contributed by atoms with Crippen LogP contribution in [0.1, 0.15) is 13.8 Å². The lowest BCUT2D eigenvalue weighted by Gasteiger charge is -2.52. The first kappa shape index (κ1) is 15.1. The summed E-state index contributed by atoms with van der Waals surface area (Å²) < 4.78 is 22.4. The van der Waals surface area contributed by atoms with Gasteiger partial charge in [-0.15, -0.1) is 0 Å². The van der Waals surface area contributed by atoms with E-state index in [2.05, 4.69) is 15.9 Å². The van der Waals surface area contributed by atoms with Gasteiger partial charge in [-0.05, 0) is 35.9 Å². The quantitative estimate of drug-likeness (QED) is 0.800. The molecule has 1 N–H and O–H groups in total. The number of Topliss-reactive ketones (excluding diaryl/α,β-unsaturated/α-hetero) is 1. The van der Waals surface area contributed by atoms with Crippen LogP contribution in [0.4, 0.5) is 0 Å². The molecular weight excluding hydrogens is 320 g/mol. The molecule has 1 saturated heterocycles. The van der Waals surface area contributed by atoms with Gasteiger partial charge in [0.25, 0.3) is 0 Å². The summed E-state index contributed by atoms with van der Waals surface area (Å²) in [7, 11) is 2.89. The summed E-state index contributed by atoms with van der Waals surface area (Å²) in [6.07, 6.45) is -1.35. The number of carbonyl (C=O) groups is 1. The maximum absolute atomic E-state index is 12.1. The van der Waals surface area contributed by atoms with E-state index in [1.54, 1.807) is 13.8 Å². The number of fused-ring (bicyclic) bond motifs is 1. The van der Waals surface area contributed by atoms with E-state index >= 15 is 0 Å². The first-order chi connectivity index (χ1) is 8.78. The van der Waals surface area contributed by atoms with Crippen LogP contribution < -0.4 is 0 Å². The molecule has 0 saturated carbocycles. The molecule has 0 amide bonds. The Morgan fingerprint density at radius 1 is 1.26 bits per heavy atom. The fourth-order valence-corrected chi connectivity index (χ4v) is 2.72. The molecule has 0 radical (unpaired) electrons. The lowest BCUT2D eigenvalue weighted by Crippen LogP contribution is -2.69. The Bertz CT molecular complexity index is 424. The number of carbonyl (C=O) groups excluding carboxylic acids is 1. The van der Waals surface area contributed by atoms with Gasteiger partial charge in [-0.1, -0.05) is 0 Å². The number of aliphatic hydroxyl groups is 1. The Morgan fingerprint density at radius 3 is 2.32 bits per heavy atom. The molecule has 0 aromatic carbocycles. The third kappa shape index (κ3) is 2.18. The molecule has 5 atom stereocenters. The van der Waals surface area contributed by atoms with Gasteiger partial charge in [-0.3, -0.25) is 4.79 Å². The number of halogens is 1. The summed E-state index contributed by atoms with van der Waals surface area (Å²) in [4.78, 5) is 12.1. The Morgan fingerprint density at radius 2 is 1.79 bits per heavy atom. The van der Waals surface area contributed by atoms with Crippen LogP contribution >= 0.6 is 15.9 Å². The van der Waals surface area contributed by atoms with Gasteiger partial charge in [0, 0.05) is 14.2 Å². The summed E-state index contributed by atoms with van der Waals surface area (Å²) in [5.41, 5.74) is 0. The predicted molar refractivity (Wildman–Crippen MR) is 68.6 cm³/mol. The SMILES string of the molecule is CO[C@]1(C)O[C@H]2[C@H](O)C=C(Br)C(=O)[C@@H]2O[C@@]1(C)OC. The normalized spacial score (nSPS) is 46.7. The van der Waals surface area contributed by atoms with E-state index < -0.39 is 29.9 Å². The van der Waals surface area contributed by atoms with Crippen molar-refractivity contribution in [1.29, 1.82) is 0 Å². The van der Waals surface area contributed by atoms with Crippen molar-refractivity contribution in [3.8, 4) is 0 Å². The smallest absolute Gasteiger partial charge is 0.221 e. The van der Waals surface area contributed by atoms with Crippen LogP contribution in [0.5, 0.6) is 0 Å². The van der Waals surface area contributed by atoms with Crippen molar-refractivity contribution in [2.75, 3.05) is 14.2 Å². The fourth-order valence-electron chi connectivity index (χ4n) is 2.23. The molecule has 1 fully saturated rings. The number of rotatable bonds is 2. The van der Waals surface area contributed by atoms with E-state index in [0.717, 1.165) is 0 Å². The number of hydrogen-bond acceptors (Lipinski definition) is 6. The van der Waals surface area contributed by atoms with Crippen molar-refractivity contribution in [3.05, 3.63) is 10.6 Å². The maximum Gasteiger partial charge on any atom is 0.221 e. The van der Waals surface area contributed by atoms with E-state index in [4.69, 9.17) is 18.9 Å². The van der Waals surface area contributed by atoms with Gasteiger partial charge >= 0.3 is 0 Å². The van der Waals surface area contributed by atoms with Crippen molar-refractivity contribution < 1.29 is 28.8 Å². The first-order valence-electron chi connectivity index (χ1n) is 5.83. The van der Waals surface area contributed by atoms with Crippen molar-refractivity contribution in [3.63, 3.8) is 0 Å². The zero-order chi connectivity index (χ0) is 14.4. The third-order valence-corrected chi connectivity index (χ3v) is 4.42. The number of methoxy groups -OCH3 is 2. The molecule has 0 aromatic heterocycles. The maximum atomic E-state index is 12.1. The van der Waals surface area contributed by atoms with Crippen LogP contribution in [0.15, 0.2) is 10.6 Å². The number of ether oxygens (including phenoxy) is 4. The highest BCUT2D eigenvalue weighted by Crippen LogP contribution is 2.42. The van der Waals surface area contributed by atoms with E-state index in [-0.39, 0.29) is 10.3 Å². The van der Waals surface area contributed by atoms with Crippen LogP contribution in [-0.4, -0.2) is 55.0 Å². The highest BCUT2D eigenvalue weighted by molar-refractivity contribution is 9.12. The second-order valence-corrected chi connectivity index (χ2v) is 5.64. The monoisotopic (exact) mass is 336 g/mol. The average molecular weight is 337 g/mol. The van der Waals surface area contributed by atoms with Crippen LogP contribution in [0, 0.1) is 0 Å². The summed E-state index contributed by atoms with van der Waals surface area (Å²) >= 11 is 3.11. The van der Waals surface area contributed by atoms with E-state index in [9.17, 15) is 9.90 Å². The molecule has 7 heteroatoms. The second kappa shape index (κ2) is 4.91. The zero-order valence-corrected chi connectivity index (χ0v) is 12.8. The number of hydrogen-bond donors (Lipinski definition) is 1. The third-order valence-electron chi connectivity index (χ3n) is 3.76. The molecule has 1 aliphatic carbocycles. The minimum atomic E-state index is -1.26. The standard InChI is InChI=1S/C12H17BrO6/c1-11(16-3)12(2,17-4)19-10-8(15)6(13)5-7(14)9(10)18-11/h5,7,9-10,14H,1-4H3/t7-,9+,10+,11-,12-/m1/s1. The van der Waals surface area contributed by atoms with Gasteiger partial charge in [0.05, 0.1) is 4.48 Å². The molecule has 1 heterocycles. The zero-order valence-electron chi connectivity index (χ0n) is 11.2. The average Bonchev–Trinajstić information content (AvgIpc) is 2.38. The van der Waals surface area contributed by atoms with Gasteiger partial charge in [0.2, 0.25) is 17.4 Å². The minimum absolute atomic E-state index is 0.268. The van der Waals surface area contributed by atoms with Crippen molar-refractivity contribution in [2.45, 2.75) is 43.7 Å². The van der Waals surface area contributed by atoms with Gasteiger partial charge < -0.3 is 24.1 Å². The van der Waals surface area contributed by atoms with E-state index in [1.165, 1.54) is 20.3 Å². The number of aliphatic hydroxyl groups excluding tert-OH is 1. The van der Waals surface area contributed by atoms with Gasteiger partial charge in [-0.2, -0.15) is 0 Å².